The topological polar surface area (TPSA) is 95.6 Å². The lowest BCUT2D eigenvalue weighted by Crippen LogP contribution is -2.46. The van der Waals surface area contributed by atoms with Crippen LogP contribution >= 0.6 is 0 Å². The summed E-state index contributed by atoms with van der Waals surface area (Å²) in [4.78, 5) is 27.1. The predicted molar refractivity (Wildman–Crippen MR) is 116 cm³/mol. The monoisotopic (exact) mass is 429 g/mol. The number of likely N-dealkylation sites (tertiary alicyclic amines) is 1. The maximum absolute atomic E-state index is 13.0. The minimum Gasteiger partial charge on any atom is -0.354 e. The van der Waals surface area contributed by atoms with E-state index in [9.17, 15) is 18.0 Å². The van der Waals surface area contributed by atoms with E-state index in [0.717, 1.165) is 18.4 Å². The molecule has 0 aliphatic carbocycles. The van der Waals surface area contributed by atoms with Crippen LogP contribution in [-0.2, 0) is 14.8 Å². The summed E-state index contributed by atoms with van der Waals surface area (Å²) in [5, 5.41) is 2.85. The van der Waals surface area contributed by atoms with Crippen LogP contribution in [0.25, 0.3) is 0 Å². The van der Waals surface area contributed by atoms with E-state index in [1.165, 1.54) is 18.2 Å². The summed E-state index contributed by atoms with van der Waals surface area (Å²) < 4.78 is 27.8. The van der Waals surface area contributed by atoms with Gasteiger partial charge in [-0.25, -0.2) is 8.42 Å². The molecule has 0 bridgehead atoms. The van der Waals surface area contributed by atoms with Crippen molar-refractivity contribution >= 4 is 27.5 Å². The van der Waals surface area contributed by atoms with Gasteiger partial charge in [-0.05, 0) is 56.5 Å². The molecule has 8 heteroatoms. The first kappa shape index (κ1) is 21.8. The Labute approximate surface area is 177 Å². The predicted octanol–water partition coefficient (Wildman–Crippen LogP) is 2.93. The molecule has 30 heavy (non-hydrogen) atoms. The number of anilines is 1. The quantitative estimate of drug-likeness (QED) is 0.707. The van der Waals surface area contributed by atoms with Crippen LogP contribution in [0.5, 0.6) is 0 Å². The van der Waals surface area contributed by atoms with Gasteiger partial charge in [-0.3, -0.25) is 14.3 Å². The van der Waals surface area contributed by atoms with E-state index >= 15 is 0 Å². The summed E-state index contributed by atoms with van der Waals surface area (Å²) in [5.41, 5.74) is 1.60. The molecule has 0 aromatic heterocycles. The number of rotatable bonds is 7. The third-order valence-electron chi connectivity index (χ3n) is 5.06. The number of nitrogens with zero attached hydrogens (tertiary/aromatic N) is 1. The molecule has 2 N–H and O–H groups in total. The van der Waals surface area contributed by atoms with Crippen molar-refractivity contribution in [1.29, 1.82) is 0 Å². The lowest BCUT2D eigenvalue weighted by molar-refractivity contribution is -0.124. The molecule has 0 spiro atoms. The zero-order valence-electron chi connectivity index (χ0n) is 17.2. The number of hydrogen-bond acceptors (Lipinski definition) is 4. The third-order valence-corrected chi connectivity index (χ3v) is 6.46. The molecule has 160 valence electrons. The minimum atomic E-state index is -3.77. The molecular weight excluding hydrogens is 402 g/mol. The fraction of sp³-hybridized carbons (Fsp3) is 0.364. The van der Waals surface area contributed by atoms with Crippen molar-refractivity contribution < 1.29 is 18.0 Å². The van der Waals surface area contributed by atoms with E-state index in [-0.39, 0.29) is 16.7 Å². The van der Waals surface area contributed by atoms with Crippen LogP contribution in [-0.4, -0.2) is 44.3 Å². The summed E-state index contributed by atoms with van der Waals surface area (Å²) in [7, 11) is -3.77. The molecule has 7 nitrogen and oxygen atoms in total. The van der Waals surface area contributed by atoms with Crippen molar-refractivity contribution in [2.24, 2.45) is 0 Å². The molecule has 2 aromatic rings. The van der Waals surface area contributed by atoms with Crippen molar-refractivity contribution in [2.45, 2.75) is 44.0 Å². The molecule has 0 saturated carbocycles. The van der Waals surface area contributed by atoms with E-state index in [4.69, 9.17) is 0 Å². The van der Waals surface area contributed by atoms with Gasteiger partial charge in [-0.2, -0.15) is 0 Å². The van der Waals surface area contributed by atoms with Crippen molar-refractivity contribution in [2.75, 3.05) is 17.8 Å². The molecule has 2 amide bonds. The number of aryl methyl sites for hydroxylation is 1. The number of carbonyl (C=O) groups excluding carboxylic acids is 2. The Hall–Kier alpha value is -2.87. The smallest absolute Gasteiger partial charge is 0.261 e. The van der Waals surface area contributed by atoms with Crippen LogP contribution in [0.15, 0.2) is 53.4 Å². The Kier molecular flexibility index (Phi) is 6.77. The SMILES string of the molecule is CCCNC(=O)[C@H]1CCCN1C(=O)c1cccc(NS(=O)(=O)c2ccc(C)cc2)c1. The lowest BCUT2D eigenvalue weighted by atomic mass is 10.1. The van der Waals surface area contributed by atoms with Gasteiger partial charge in [-0.1, -0.05) is 30.7 Å². The molecule has 1 aliphatic rings. The summed E-state index contributed by atoms with van der Waals surface area (Å²) in [6, 6.07) is 12.4. The van der Waals surface area contributed by atoms with Crippen molar-refractivity contribution in [1.82, 2.24) is 10.2 Å². The van der Waals surface area contributed by atoms with Gasteiger partial charge < -0.3 is 10.2 Å². The van der Waals surface area contributed by atoms with E-state index < -0.39 is 16.1 Å². The third kappa shape index (κ3) is 4.99. The minimum absolute atomic E-state index is 0.140. The molecule has 0 unspecified atom stereocenters. The van der Waals surface area contributed by atoms with Crippen LogP contribution in [0.1, 0.15) is 42.1 Å². The van der Waals surface area contributed by atoms with Crippen LogP contribution in [0.2, 0.25) is 0 Å². The number of hydrogen-bond donors (Lipinski definition) is 2. The fourth-order valence-corrected chi connectivity index (χ4v) is 4.51. The van der Waals surface area contributed by atoms with Crippen LogP contribution in [0.3, 0.4) is 0 Å². The first-order valence-electron chi connectivity index (χ1n) is 10.1. The van der Waals surface area contributed by atoms with Crippen LogP contribution < -0.4 is 10.0 Å². The highest BCUT2D eigenvalue weighted by Crippen LogP contribution is 2.23. The van der Waals surface area contributed by atoms with E-state index in [1.54, 1.807) is 35.2 Å². The Morgan fingerprint density at radius 2 is 1.87 bits per heavy atom. The van der Waals surface area contributed by atoms with Crippen molar-refractivity contribution in [3.63, 3.8) is 0 Å². The Morgan fingerprint density at radius 1 is 1.13 bits per heavy atom. The van der Waals surface area contributed by atoms with Crippen molar-refractivity contribution in [3.8, 4) is 0 Å². The molecule has 1 fully saturated rings. The van der Waals surface area contributed by atoms with Gasteiger partial charge in [0.15, 0.2) is 0 Å². The Morgan fingerprint density at radius 3 is 2.57 bits per heavy atom. The number of carbonyl (C=O) groups is 2. The van der Waals surface area contributed by atoms with Gasteiger partial charge in [-0.15, -0.1) is 0 Å². The molecule has 2 aromatic carbocycles. The molecule has 1 aliphatic heterocycles. The number of sulfonamides is 1. The number of nitrogens with one attached hydrogen (secondary N) is 2. The molecule has 0 radical (unpaired) electrons. The average molecular weight is 430 g/mol. The van der Waals surface area contributed by atoms with Crippen LogP contribution in [0, 0.1) is 6.92 Å². The van der Waals surface area contributed by atoms with Crippen molar-refractivity contribution in [3.05, 3.63) is 59.7 Å². The first-order chi connectivity index (χ1) is 14.3. The Balaban J connectivity index is 1.77. The molecule has 3 rings (SSSR count). The highest BCUT2D eigenvalue weighted by atomic mass is 32.2. The second-order valence-electron chi connectivity index (χ2n) is 7.45. The maximum Gasteiger partial charge on any atom is 0.261 e. The number of benzene rings is 2. The van der Waals surface area contributed by atoms with Gasteiger partial charge in [0, 0.05) is 24.3 Å². The number of amides is 2. The highest BCUT2D eigenvalue weighted by Gasteiger charge is 2.34. The van der Waals surface area contributed by atoms with E-state index in [0.29, 0.717) is 30.8 Å². The summed E-state index contributed by atoms with van der Waals surface area (Å²) in [6.45, 7) is 4.93. The lowest BCUT2D eigenvalue weighted by Gasteiger charge is -2.24. The molecular formula is C22H27N3O4S. The van der Waals surface area contributed by atoms with E-state index in [2.05, 4.69) is 10.0 Å². The molecule has 1 saturated heterocycles. The summed E-state index contributed by atoms with van der Waals surface area (Å²) >= 11 is 0. The average Bonchev–Trinajstić information content (AvgIpc) is 3.21. The summed E-state index contributed by atoms with van der Waals surface area (Å²) in [6.07, 6.45) is 2.21. The first-order valence-corrected chi connectivity index (χ1v) is 11.6. The van der Waals surface area contributed by atoms with Gasteiger partial charge in [0.2, 0.25) is 5.91 Å². The van der Waals surface area contributed by atoms with Gasteiger partial charge in [0.1, 0.15) is 6.04 Å². The second-order valence-corrected chi connectivity index (χ2v) is 9.13. The highest BCUT2D eigenvalue weighted by molar-refractivity contribution is 7.92. The van der Waals surface area contributed by atoms with Gasteiger partial charge >= 0.3 is 0 Å². The van der Waals surface area contributed by atoms with Gasteiger partial charge in [0.25, 0.3) is 15.9 Å². The largest absolute Gasteiger partial charge is 0.354 e. The van der Waals surface area contributed by atoms with E-state index in [1.807, 2.05) is 13.8 Å². The standard InChI is InChI=1S/C22H27N3O4S/c1-3-13-23-21(26)20-8-5-14-25(20)22(27)17-6-4-7-18(15-17)24-30(28,29)19-11-9-16(2)10-12-19/h4,6-7,9-12,15,20,24H,3,5,8,13-14H2,1-2H3,(H,23,26)/t20-/m1/s1. The van der Waals surface area contributed by atoms with Gasteiger partial charge in [0.05, 0.1) is 4.90 Å². The van der Waals surface area contributed by atoms with Crippen LogP contribution in [0.4, 0.5) is 5.69 Å². The normalized spacial score (nSPS) is 16.3. The molecule has 1 atom stereocenters. The fourth-order valence-electron chi connectivity index (χ4n) is 3.46. The maximum atomic E-state index is 13.0. The Bertz CT molecular complexity index is 1020. The molecule has 1 heterocycles. The second kappa shape index (κ2) is 9.30. The summed E-state index contributed by atoms with van der Waals surface area (Å²) in [5.74, 6) is -0.417. The zero-order valence-corrected chi connectivity index (χ0v) is 18.0. The zero-order chi connectivity index (χ0) is 21.7.